The number of nitrogens with one attached hydrogen (secondary N) is 2. The van der Waals surface area contributed by atoms with Crippen molar-refractivity contribution in [3.8, 4) is 11.5 Å². The van der Waals surface area contributed by atoms with E-state index in [1.807, 2.05) is 18.2 Å². The van der Waals surface area contributed by atoms with Crippen LogP contribution in [0.5, 0.6) is 11.5 Å². The Bertz CT molecular complexity index is 821. The van der Waals surface area contributed by atoms with Crippen molar-refractivity contribution in [1.29, 1.82) is 0 Å². The van der Waals surface area contributed by atoms with Crippen molar-refractivity contribution in [2.75, 3.05) is 26.4 Å². The summed E-state index contributed by atoms with van der Waals surface area (Å²) < 4.78 is 23.5. The molecule has 29 heavy (non-hydrogen) atoms. The van der Waals surface area contributed by atoms with Gasteiger partial charge in [0.15, 0.2) is 11.5 Å². The lowest BCUT2D eigenvalue weighted by Crippen LogP contribution is -2.27. The number of rotatable bonds is 11. The standard InChI is InChI=1S/C23H27FN2O3/c24-20-10-7-18(8-11-20)4-1-6-23(27)26-15-3-14-25-13-2-5-19-9-12-21-22(16-19)29-17-28-21/h1,4,7-12,16,25H,2-3,5-6,13-15,17H2,(H,26,27)/b4-1+. The molecule has 0 bridgehead atoms. The predicted molar refractivity (Wildman–Crippen MR) is 111 cm³/mol. The van der Waals surface area contributed by atoms with Crippen LogP contribution in [0.2, 0.25) is 0 Å². The quantitative estimate of drug-likeness (QED) is 0.567. The molecule has 5 nitrogen and oxygen atoms in total. The Morgan fingerprint density at radius 1 is 1.00 bits per heavy atom. The van der Waals surface area contributed by atoms with E-state index < -0.39 is 0 Å². The minimum Gasteiger partial charge on any atom is -0.454 e. The number of amides is 1. The van der Waals surface area contributed by atoms with E-state index in [9.17, 15) is 9.18 Å². The van der Waals surface area contributed by atoms with Crippen LogP contribution in [0.25, 0.3) is 6.08 Å². The zero-order valence-corrected chi connectivity index (χ0v) is 16.5. The number of hydrogen-bond donors (Lipinski definition) is 2. The average Bonchev–Trinajstić information content (AvgIpc) is 3.19. The Morgan fingerprint density at radius 2 is 1.79 bits per heavy atom. The zero-order chi connectivity index (χ0) is 20.3. The first-order valence-electron chi connectivity index (χ1n) is 9.99. The van der Waals surface area contributed by atoms with E-state index >= 15 is 0 Å². The maximum absolute atomic E-state index is 12.8. The molecule has 0 fully saturated rings. The summed E-state index contributed by atoms with van der Waals surface area (Å²) in [6.07, 6.45) is 6.84. The van der Waals surface area contributed by atoms with E-state index in [0.29, 0.717) is 19.8 Å². The zero-order valence-electron chi connectivity index (χ0n) is 16.5. The number of benzene rings is 2. The number of fused-ring (bicyclic) bond motifs is 1. The van der Waals surface area contributed by atoms with E-state index in [-0.39, 0.29) is 11.7 Å². The molecule has 0 aliphatic carbocycles. The Morgan fingerprint density at radius 3 is 2.66 bits per heavy atom. The summed E-state index contributed by atoms with van der Waals surface area (Å²) in [6, 6.07) is 12.3. The predicted octanol–water partition coefficient (Wildman–Crippen LogP) is 3.69. The average molecular weight is 398 g/mol. The molecule has 1 heterocycles. The fourth-order valence-corrected chi connectivity index (χ4v) is 3.03. The molecule has 3 rings (SSSR count). The monoisotopic (exact) mass is 398 g/mol. The molecule has 2 aromatic carbocycles. The van der Waals surface area contributed by atoms with Gasteiger partial charge in [0, 0.05) is 13.0 Å². The van der Waals surface area contributed by atoms with Crippen molar-refractivity contribution in [2.24, 2.45) is 0 Å². The van der Waals surface area contributed by atoms with Crippen LogP contribution in [0, 0.1) is 5.82 Å². The second-order valence-corrected chi connectivity index (χ2v) is 6.90. The molecular formula is C23H27FN2O3. The van der Waals surface area contributed by atoms with Crippen LogP contribution < -0.4 is 20.1 Å². The van der Waals surface area contributed by atoms with E-state index in [4.69, 9.17) is 9.47 Å². The van der Waals surface area contributed by atoms with Gasteiger partial charge in [-0.3, -0.25) is 4.79 Å². The Balaban J connectivity index is 1.18. The number of ether oxygens (including phenoxy) is 2. The van der Waals surface area contributed by atoms with Crippen LogP contribution in [-0.4, -0.2) is 32.3 Å². The summed E-state index contributed by atoms with van der Waals surface area (Å²) in [4.78, 5) is 11.8. The fraction of sp³-hybridized carbons (Fsp3) is 0.348. The maximum atomic E-state index is 12.8. The summed E-state index contributed by atoms with van der Waals surface area (Å²) in [5, 5.41) is 6.30. The molecule has 0 saturated carbocycles. The second kappa shape index (κ2) is 11.2. The van der Waals surface area contributed by atoms with Crippen LogP contribution in [0.4, 0.5) is 4.39 Å². The lowest BCUT2D eigenvalue weighted by atomic mass is 10.1. The van der Waals surface area contributed by atoms with Gasteiger partial charge < -0.3 is 20.1 Å². The van der Waals surface area contributed by atoms with Crippen molar-refractivity contribution in [1.82, 2.24) is 10.6 Å². The Hall–Kier alpha value is -2.86. The third-order valence-corrected chi connectivity index (χ3v) is 4.59. The lowest BCUT2D eigenvalue weighted by molar-refractivity contribution is -0.120. The minimum absolute atomic E-state index is 0.00818. The first kappa shape index (κ1) is 20.9. The molecule has 1 aliphatic heterocycles. The van der Waals surface area contributed by atoms with Gasteiger partial charge in [-0.05, 0) is 67.7 Å². The molecule has 0 spiro atoms. The van der Waals surface area contributed by atoms with Crippen LogP contribution in [-0.2, 0) is 11.2 Å². The summed E-state index contributed by atoms with van der Waals surface area (Å²) in [7, 11) is 0. The van der Waals surface area contributed by atoms with Crippen molar-refractivity contribution in [2.45, 2.75) is 25.7 Å². The topological polar surface area (TPSA) is 59.6 Å². The van der Waals surface area contributed by atoms with Gasteiger partial charge in [-0.15, -0.1) is 0 Å². The molecule has 0 unspecified atom stereocenters. The molecule has 0 saturated heterocycles. The first-order valence-corrected chi connectivity index (χ1v) is 9.99. The highest BCUT2D eigenvalue weighted by Gasteiger charge is 2.12. The Labute approximate surface area is 170 Å². The van der Waals surface area contributed by atoms with Gasteiger partial charge in [-0.2, -0.15) is 0 Å². The highest BCUT2D eigenvalue weighted by atomic mass is 19.1. The Kier molecular flexibility index (Phi) is 8.07. The van der Waals surface area contributed by atoms with Gasteiger partial charge in [0.2, 0.25) is 12.7 Å². The third-order valence-electron chi connectivity index (χ3n) is 4.59. The van der Waals surface area contributed by atoms with Crippen LogP contribution >= 0.6 is 0 Å². The van der Waals surface area contributed by atoms with Crippen molar-refractivity contribution in [3.05, 3.63) is 65.5 Å². The van der Waals surface area contributed by atoms with Gasteiger partial charge in [-0.1, -0.05) is 30.4 Å². The van der Waals surface area contributed by atoms with E-state index in [1.165, 1.54) is 17.7 Å². The normalized spacial score (nSPS) is 12.4. The summed E-state index contributed by atoms with van der Waals surface area (Å²) in [5.41, 5.74) is 2.13. The molecule has 0 radical (unpaired) electrons. The number of carbonyl (C=O) groups excluding carboxylic acids is 1. The highest BCUT2D eigenvalue weighted by molar-refractivity contribution is 5.78. The fourth-order valence-electron chi connectivity index (χ4n) is 3.03. The lowest BCUT2D eigenvalue weighted by Gasteiger charge is -2.07. The molecule has 2 aromatic rings. The third kappa shape index (κ3) is 7.23. The molecule has 2 N–H and O–H groups in total. The number of halogens is 1. The van der Waals surface area contributed by atoms with Crippen molar-refractivity contribution >= 4 is 12.0 Å². The number of hydrogen-bond acceptors (Lipinski definition) is 4. The SMILES string of the molecule is O=C(C/C=C/c1ccc(F)cc1)NCCCNCCCc1ccc2c(c1)OCO2. The van der Waals surface area contributed by atoms with Crippen LogP contribution in [0.1, 0.15) is 30.4 Å². The molecule has 0 aromatic heterocycles. The molecule has 0 atom stereocenters. The van der Waals surface area contributed by atoms with Gasteiger partial charge in [-0.25, -0.2) is 4.39 Å². The summed E-state index contributed by atoms with van der Waals surface area (Å²) in [6.45, 7) is 2.76. The molecule has 1 amide bonds. The molecule has 154 valence electrons. The van der Waals surface area contributed by atoms with Crippen molar-refractivity contribution < 1.29 is 18.7 Å². The van der Waals surface area contributed by atoms with E-state index in [0.717, 1.165) is 49.4 Å². The van der Waals surface area contributed by atoms with E-state index in [1.54, 1.807) is 18.2 Å². The second-order valence-electron chi connectivity index (χ2n) is 6.90. The smallest absolute Gasteiger partial charge is 0.231 e. The van der Waals surface area contributed by atoms with Crippen LogP contribution in [0.3, 0.4) is 0 Å². The molecule has 1 aliphatic rings. The largest absolute Gasteiger partial charge is 0.454 e. The number of carbonyl (C=O) groups is 1. The van der Waals surface area contributed by atoms with Crippen molar-refractivity contribution in [3.63, 3.8) is 0 Å². The van der Waals surface area contributed by atoms with Gasteiger partial charge in [0.25, 0.3) is 0 Å². The highest BCUT2D eigenvalue weighted by Crippen LogP contribution is 2.32. The summed E-state index contributed by atoms with van der Waals surface area (Å²) in [5.74, 6) is 1.38. The van der Waals surface area contributed by atoms with Gasteiger partial charge in [0.1, 0.15) is 5.82 Å². The maximum Gasteiger partial charge on any atom is 0.231 e. The summed E-state index contributed by atoms with van der Waals surface area (Å²) >= 11 is 0. The molecular weight excluding hydrogens is 371 g/mol. The van der Waals surface area contributed by atoms with Gasteiger partial charge >= 0.3 is 0 Å². The van der Waals surface area contributed by atoms with E-state index in [2.05, 4.69) is 16.7 Å². The first-order chi connectivity index (χ1) is 14.2. The number of aryl methyl sites for hydroxylation is 1. The molecule has 6 heteroatoms. The van der Waals surface area contributed by atoms with Gasteiger partial charge in [0.05, 0.1) is 0 Å². The minimum atomic E-state index is -0.263. The van der Waals surface area contributed by atoms with Crippen LogP contribution in [0.15, 0.2) is 48.5 Å².